The summed E-state index contributed by atoms with van der Waals surface area (Å²) in [5, 5.41) is 0. The Balaban J connectivity index is 1.20. The van der Waals surface area contributed by atoms with Crippen LogP contribution >= 0.6 is 0 Å². The number of hydrogen-bond donors (Lipinski definition) is 1. The highest BCUT2D eigenvalue weighted by molar-refractivity contribution is 7.89. The lowest BCUT2D eigenvalue weighted by molar-refractivity contribution is 0.0924. The van der Waals surface area contributed by atoms with E-state index < -0.39 is 10.0 Å². The molecule has 188 valence electrons. The molecule has 37 heavy (non-hydrogen) atoms. The lowest BCUT2D eigenvalue weighted by Crippen LogP contribution is -2.32. The summed E-state index contributed by atoms with van der Waals surface area (Å²) in [5.41, 5.74) is 3.03. The maximum absolute atomic E-state index is 13.3. The van der Waals surface area contributed by atoms with E-state index in [0.717, 1.165) is 36.1 Å². The molecule has 8 nitrogen and oxygen atoms in total. The van der Waals surface area contributed by atoms with Crippen LogP contribution in [-0.4, -0.2) is 38.7 Å². The van der Waals surface area contributed by atoms with Crippen LogP contribution in [0.4, 0.5) is 11.4 Å². The predicted molar refractivity (Wildman–Crippen MR) is 138 cm³/mol. The third kappa shape index (κ3) is 4.04. The lowest BCUT2D eigenvalue weighted by atomic mass is 10.1. The number of rotatable bonds is 5. The maximum Gasteiger partial charge on any atom is 0.266 e. The average Bonchev–Trinajstić information content (AvgIpc) is 3.62. The Hall–Kier alpha value is -3.82. The van der Waals surface area contributed by atoms with Crippen LogP contribution in [0.25, 0.3) is 0 Å². The van der Waals surface area contributed by atoms with Gasteiger partial charge in [-0.05, 0) is 79.4 Å². The molecule has 9 heteroatoms. The van der Waals surface area contributed by atoms with Gasteiger partial charge >= 0.3 is 0 Å². The number of hydrogen-bond acceptors (Lipinski definition) is 5. The summed E-state index contributed by atoms with van der Waals surface area (Å²) >= 11 is 0. The minimum absolute atomic E-state index is 0.0142. The van der Waals surface area contributed by atoms with E-state index in [1.54, 1.807) is 71.6 Å². The molecule has 0 bridgehead atoms. The smallest absolute Gasteiger partial charge is 0.266 e. The molecule has 0 aromatic heterocycles. The van der Waals surface area contributed by atoms with Crippen LogP contribution in [0.15, 0.2) is 71.6 Å². The largest absolute Gasteiger partial charge is 0.308 e. The van der Waals surface area contributed by atoms with E-state index in [2.05, 4.69) is 4.72 Å². The lowest BCUT2D eigenvalue weighted by Gasteiger charge is -2.19. The minimum Gasteiger partial charge on any atom is -0.308 e. The van der Waals surface area contributed by atoms with E-state index >= 15 is 0 Å². The van der Waals surface area contributed by atoms with Crippen LogP contribution < -0.4 is 14.5 Å². The van der Waals surface area contributed by atoms with E-state index in [9.17, 15) is 22.8 Å². The Morgan fingerprint density at radius 1 is 0.865 bits per heavy atom. The Kier molecular flexibility index (Phi) is 5.69. The van der Waals surface area contributed by atoms with Crippen molar-refractivity contribution in [2.75, 3.05) is 16.3 Å². The molecule has 1 saturated carbocycles. The molecule has 0 radical (unpaired) electrons. The monoisotopic (exact) mass is 515 g/mol. The first-order chi connectivity index (χ1) is 17.8. The first kappa shape index (κ1) is 23.6. The summed E-state index contributed by atoms with van der Waals surface area (Å²) < 4.78 is 28.5. The van der Waals surface area contributed by atoms with E-state index in [4.69, 9.17) is 0 Å². The molecule has 3 amide bonds. The summed E-state index contributed by atoms with van der Waals surface area (Å²) in [6, 6.07) is 18.0. The van der Waals surface area contributed by atoms with Gasteiger partial charge < -0.3 is 4.90 Å². The molecule has 3 aliphatic rings. The van der Waals surface area contributed by atoms with Crippen molar-refractivity contribution in [1.82, 2.24) is 4.72 Å². The first-order valence-electron chi connectivity index (χ1n) is 12.4. The molecule has 1 aliphatic carbocycles. The fourth-order valence-corrected chi connectivity index (χ4v) is 6.78. The van der Waals surface area contributed by atoms with Gasteiger partial charge in [-0.15, -0.1) is 0 Å². The Labute approximate surface area is 214 Å². The molecule has 2 heterocycles. The van der Waals surface area contributed by atoms with Crippen LogP contribution in [-0.2, 0) is 16.4 Å². The fraction of sp³-hybridized carbons (Fsp3) is 0.250. The number of fused-ring (bicyclic) bond motifs is 2. The van der Waals surface area contributed by atoms with Gasteiger partial charge in [0.15, 0.2) is 0 Å². The molecular formula is C28H25N3O5S. The molecule has 2 aliphatic heterocycles. The van der Waals surface area contributed by atoms with Crippen molar-refractivity contribution in [3.05, 3.63) is 89.0 Å². The van der Waals surface area contributed by atoms with E-state index in [1.165, 1.54) is 0 Å². The average molecular weight is 516 g/mol. The Bertz CT molecular complexity index is 1510. The summed E-state index contributed by atoms with van der Waals surface area (Å²) in [6.07, 6.45) is 4.35. The van der Waals surface area contributed by atoms with E-state index in [1.807, 2.05) is 0 Å². The predicted octanol–water partition coefficient (Wildman–Crippen LogP) is 3.91. The molecule has 6 rings (SSSR count). The van der Waals surface area contributed by atoms with Gasteiger partial charge in [0.1, 0.15) is 0 Å². The standard InChI is InChI=1S/C28H25N3O5S/c32-26(18-9-11-21(12-10-18)31-27(33)23-7-3-4-8-24(23)28(31)34)30-16-15-19-17-22(13-14-25(19)30)37(35,36)29-20-5-1-2-6-20/h3-4,7-14,17,20,29H,1-2,5-6,15-16H2. The second kappa shape index (κ2) is 8.93. The summed E-state index contributed by atoms with van der Waals surface area (Å²) in [5.74, 6) is -1.00. The number of benzene rings is 3. The van der Waals surface area contributed by atoms with Gasteiger partial charge in [-0.2, -0.15) is 0 Å². The zero-order chi connectivity index (χ0) is 25.7. The van der Waals surface area contributed by atoms with Crippen LogP contribution in [0.3, 0.4) is 0 Å². The zero-order valence-electron chi connectivity index (χ0n) is 20.0. The topological polar surface area (TPSA) is 104 Å². The van der Waals surface area contributed by atoms with Crippen LogP contribution in [0.5, 0.6) is 0 Å². The number of sulfonamides is 1. The van der Waals surface area contributed by atoms with Crippen molar-refractivity contribution in [1.29, 1.82) is 0 Å². The van der Waals surface area contributed by atoms with Gasteiger partial charge in [-0.1, -0.05) is 25.0 Å². The van der Waals surface area contributed by atoms with Crippen LogP contribution in [0.2, 0.25) is 0 Å². The molecule has 3 aromatic carbocycles. The number of carbonyl (C=O) groups is 3. The van der Waals surface area contributed by atoms with Gasteiger partial charge in [0.2, 0.25) is 10.0 Å². The van der Waals surface area contributed by atoms with Crippen LogP contribution in [0, 0.1) is 0 Å². The van der Waals surface area contributed by atoms with Gasteiger partial charge in [0.25, 0.3) is 17.7 Å². The molecule has 0 atom stereocenters. The highest BCUT2D eigenvalue weighted by atomic mass is 32.2. The van der Waals surface area contributed by atoms with Crippen molar-refractivity contribution in [2.24, 2.45) is 0 Å². The van der Waals surface area contributed by atoms with Gasteiger partial charge in [0, 0.05) is 23.8 Å². The van der Waals surface area contributed by atoms with Crippen molar-refractivity contribution in [3.8, 4) is 0 Å². The van der Waals surface area contributed by atoms with Gasteiger partial charge in [0.05, 0.1) is 21.7 Å². The van der Waals surface area contributed by atoms with Gasteiger partial charge in [-0.3, -0.25) is 14.4 Å². The Morgan fingerprint density at radius 3 is 2.16 bits per heavy atom. The van der Waals surface area contributed by atoms with Crippen molar-refractivity contribution < 1.29 is 22.8 Å². The number of nitrogens with zero attached hydrogens (tertiary/aromatic N) is 2. The molecule has 0 unspecified atom stereocenters. The maximum atomic E-state index is 13.3. The quantitative estimate of drug-likeness (QED) is 0.519. The molecular weight excluding hydrogens is 490 g/mol. The normalized spacial score (nSPS) is 17.4. The van der Waals surface area contributed by atoms with Crippen molar-refractivity contribution in [3.63, 3.8) is 0 Å². The third-order valence-corrected chi connectivity index (χ3v) is 8.86. The second-order valence-electron chi connectivity index (χ2n) is 9.64. The van der Waals surface area contributed by atoms with Crippen LogP contribution in [0.1, 0.15) is 62.3 Å². The fourth-order valence-electron chi connectivity index (χ4n) is 5.42. The SMILES string of the molecule is O=C(c1ccc(N2C(=O)c3ccccc3C2=O)cc1)N1CCc2cc(S(=O)(=O)NC3CCCC3)ccc21. The van der Waals surface area contributed by atoms with Gasteiger partial charge in [-0.25, -0.2) is 18.0 Å². The minimum atomic E-state index is -3.61. The molecule has 0 spiro atoms. The number of anilines is 2. The van der Waals surface area contributed by atoms with E-state index in [0.29, 0.717) is 41.0 Å². The third-order valence-electron chi connectivity index (χ3n) is 7.35. The second-order valence-corrected chi connectivity index (χ2v) is 11.4. The highest BCUT2D eigenvalue weighted by Gasteiger charge is 2.36. The highest BCUT2D eigenvalue weighted by Crippen LogP contribution is 2.33. The summed E-state index contributed by atoms with van der Waals surface area (Å²) in [6.45, 7) is 0.438. The number of nitrogens with one attached hydrogen (secondary N) is 1. The summed E-state index contributed by atoms with van der Waals surface area (Å²) in [4.78, 5) is 41.8. The molecule has 0 saturated heterocycles. The molecule has 3 aromatic rings. The number of carbonyl (C=O) groups excluding carboxylic acids is 3. The first-order valence-corrected chi connectivity index (χ1v) is 13.9. The van der Waals surface area contributed by atoms with Crippen molar-refractivity contribution in [2.45, 2.75) is 43.0 Å². The summed E-state index contributed by atoms with van der Waals surface area (Å²) in [7, 11) is -3.61. The van der Waals surface area contributed by atoms with Crippen molar-refractivity contribution >= 4 is 39.1 Å². The number of amides is 3. The Morgan fingerprint density at radius 2 is 1.51 bits per heavy atom. The molecule has 1 fully saturated rings. The zero-order valence-corrected chi connectivity index (χ0v) is 20.8. The number of imide groups is 1. The van der Waals surface area contributed by atoms with E-state index in [-0.39, 0.29) is 28.7 Å². The molecule has 1 N–H and O–H groups in total.